The van der Waals surface area contributed by atoms with Crippen LogP contribution in [-0.4, -0.2) is 41.7 Å². The highest BCUT2D eigenvalue weighted by molar-refractivity contribution is 5.97. The molecule has 9 heteroatoms. The molecule has 1 atom stereocenters. The highest BCUT2D eigenvalue weighted by atomic mass is 19.1. The van der Waals surface area contributed by atoms with Crippen molar-refractivity contribution in [3.05, 3.63) is 39.7 Å². The van der Waals surface area contributed by atoms with Crippen molar-refractivity contribution >= 4 is 17.6 Å². The summed E-state index contributed by atoms with van der Waals surface area (Å²) in [5.41, 5.74) is -1.06. The standard InChI is InChI=1S/C12H13FN2O6/c1-21-5-4-9(12(17)18)14-11(16)7-2-3-8(13)10(6-7)15(19)20/h2-3,6,9H,4-5H2,1H3,(H,14,16)(H,17,18). The van der Waals surface area contributed by atoms with E-state index in [-0.39, 0.29) is 18.6 Å². The Kier molecular flexibility index (Phi) is 5.73. The lowest BCUT2D eigenvalue weighted by molar-refractivity contribution is -0.387. The maximum atomic E-state index is 13.2. The number of hydrogen-bond donors (Lipinski definition) is 2. The number of carboxylic acid groups (broad SMARTS) is 1. The van der Waals surface area contributed by atoms with E-state index >= 15 is 0 Å². The number of nitrogens with one attached hydrogen (secondary N) is 1. The fourth-order valence-electron chi connectivity index (χ4n) is 1.53. The zero-order chi connectivity index (χ0) is 16.0. The molecule has 1 aromatic carbocycles. The Balaban J connectivity index is 2.90. The van der Waals surface area contributed by atoms with Gasteiger partial charge in [0.2, 0.25) is 5.82 Å². The number of halogens is 1. The summed E-state index contributed by atoms with van der Waals surface area (Å²) >= 11 is 0. The van der Waals surface area contributed by atoms with Crippen LogP contribution >= 0.6 is 0 Å². The zero-order valence-corrected chi connectivity index (χ0v) is 11.0. The number of nitrogens with zero attached hydrogens (tertiary/aromatic N) is 1. The van der Waals surface area contributed by atoms with E-state index in [0.717, 1.165) is 18.2 Å². The third-order valence-electron chi connectivity index (χ3n) is 2.62. The monoisotopic (exact) mass is 300 g/mol. The molecule has 0 aliphatic carbocycles. The summed E-state index contributed by atoms with van der Waals surface area (Å²) in [5.74, 6) is -3.19. The van der Waals surface area contributed by atoms with E-state index in [9.17, 15) is 24.1 Å². The Hall–Kier alpha value is -2.55. The van der Waals surface area contributed by atoms with Crippen molar-refractivity contribution in [3.63, 3.8) is 0 Å². The van der Waals surface area contributed by atoms with Gasteiger partial charge < -0.3 is 15.2 Å². The molecule has 1 rings (SSSR count). The van der Waals surface area contributed by atoms with Gasteiger partial charge in [-0.05, 0) is 12.1 Å². The zero-order valence-electron chi connectivity index (χ0n) is 11.0. The molecule has 1 aromatic rings. The number of methoxy groups -OCH3 is 1. The van der Waals surface area contributed by atoms with Crippen LogP contribution in [0.15, 0.2) is 18.2 Å². The summed E-state index contributed by atoms with van der Waals surface area (Å²) in [7, 11) is 1.38. The summed E-state index contributed by atoms with van der Waals surface area (Å²) in [5, 5.41) is 21.7. The third kappa shape index (κ3) is 4.49. The van der Waals surface area contributed by atoms with E-state index in [1.807, 2.05) is 0 Å². The molecule has 0 radical (unpaired) electrons. The molecule has 0 aliphatic rings. The summed E-state index contributed by atoms with van der Waals surface area (Å²) in [6.45, 7) is 0.112. The molecule has 0 saturated heterocycles. The lowest BCUT2D eigenvalue weighted by Gasteiger charge is -2.14. The van der Waals surface area contributed by atoms with Gasteiger partial charge in [0, 0.05) is 31.8 Å². The molecule has 0 saturated carbocycles. The maximum Gasteiger partial charge on any atom is 0.326 e. The molecular formula is C12H13FN2O6. The topological polar surface area (TPSA) is 119 Å². The van der Waals surface area contributed by atoms with Crippen LogP contribution in [0.2, 0.25) is 0 Å². The highest BCUT2D eigenvalue weighted by Crippen LogP contribution is 2.18. The largest absolute Gasteiger partial charge is 0.480 e. The van der Waals surface area contributed by atoms with Crippen molar-refractivity contribution in [2.45, 2.75) is 12.5 Å². The van der Waals surface area contributed by atoms with Gasteiger partial charge in [-0.25, -0.2) is 4.79 Å². The van der Waals surface area contributed by atoms with E-state index in [4.69, 9.17) is 9.84 Å². The average Bonchev–Trinajstić information content (AvgIpc) is 2.42. The van der Waals surface area contributed by atoms with Crippen molar-refractivity contribution in [1.29, 1.82) is 0 Å². The molecule has 1 amide bonds. The van der Waals surface area contributed by atoms with Gasteiger partial charge in [-0.15, -0.1) is 0 Å². The third-order valence-corrected chi connectivity index (χ3v) is 2.62. The predicted molar refractivity (Wildman–Crippen MR) is 68.4 cm³/mol. The Morgan fingerprint density at radius 3 is 2.71 bits per heavy atom. The van der Waals surface area contributed by atoms with E-state index in [1.165, 1.54) is 7.11 Å². The Bertz CT molecular complexity index is 563. The molecule has 0 aromatic heterocycles. The minimum atomic E-state index is -1.27. The number of amides is 1. The van der Waals surface area contributed by atoms with Crippen LogP contribution in [0.4, 0.5) is 10.1 Å². The van der Waals surface area contributed by atoms with Crippen LogP contribution in [0.5, 0.6) is 0 Å². The Labute approximate surface area is 118 Å². The maximum absolute atomic E-state index is 13.2. The van der Waals surface area contributed by atoms with Crippen molar-refractivity contribution in [3.8, 4) is 0 Å². The van der Waals surface area contributed by atoms with Gasteiger partial charge in [-0.1, -0.05) is 0 Å². The van der Waals surface area contributed by atoms with Gasteiger partial charge in [-0.3, -0.25) is 14.9 Å². The molecule has 1 unspecified atom stereocenters. The molecule has 0 bridgehead atoms. The molecule has 8 nitrogen and oxygen atoms in total. The molecule has 0 heterocycles. The van der Waals surface area contributed by atoms with Gasteiger partial charge in [0.05, 0.1) is 4.92 Å². The smallest absolute Gasteiger partial charge is 0.326 e. The summed E-state index contributed by atoms with van der Waals surface area (Å²) in [6, 6.07) is 1.35. The van der Waals surface area contributed by atoms with Crippen LogP contribution < -0.4 is 5.32 Å². The van der Waals surface area contributed by atoms with Gasteiger partial charge in [-0.2, -0.15) is 4.39 Å². The lowest BCUT2D eigenvalue weighted by Crippen LogP contribution is -2.41. The number of benzene rings is 1. The molecule has 0 fully saturated rings. The fraction of sp³-hybridized carbons (Fsp3) is 0.333. The quantitative estimate of drug-likeness (QED) is 0.571. The molecule has 0 spiro atoms. The number of carboxylic acids is 1. The van der Waals surface area contributed by atoms with Crippen molar-refractivity contribution in [1.82, 2.24) is 5.32 Å². The fourth-order valence-corrected chi connectivity index (χ4v) is 1.53. The van der Waals surface area contributed by atoms with Crippen LogP contribution in [0, 0.1) is 15.9 Å². The van der Waals surface area contributed by atoms with Crippen LogP contribution in [0.1, 0.15) is 16.8 Å². The number of hydrogen-bond acceptors (Lipinski definition) is 5. The first-order chi connectivity index (χ1) is 9.86. The first-order valence-electron chi connectivity index (χ1n) is 5.83. The van der Waals surface area contributed by atoms with Gasteiger partial charge in [0.15, 0.2) is 0 Å². The normalized spacial score (nSPS) is 11.7. The molecule has 114 valence electrons. The predicted octanol–water partition coefficient (Wildman–Crippen LogP) is 0.953. The van der Waals surface area contributed by atoms with E-state index in [0.29, 0.717) is 0 Å². The number of rotatable bonds is 7. The number of nitro benzene ring substituents is 1. The van der Waals surface area contributed by atoms with E-state index in [1.54, 1.807) is 0 Å². The minimum Gasteiger partial charge on any atom is -0.480 e. The first-order valence-corrected chi connectivity index (χ1v) is 5.83. The second-order valence-electron chi connectivity index (χ2n) is 4.07. The molecule has 21 heavy (non-hydrogen) atoms. The minimum absolute atomic E-state index is 0.0286. The van der Waals surface area contributed by atoms with Crippen molar-refractivity contribution in [2.75, 3.05) is 13.7 Å². The van der Waals surface area contributed by atoms with Crippen LogP contribution in [-0.2, 0) is 9.53 Å². The lowest BCUT2D eigenvalue weighted by atomic mass is 10.1. The molecule has 0 aliphatic heterocycles. The Morgan fingerprint density at radius 2 is 2.19 bits per heavy atom. The second-order valence-corrected chi connectivity index (χ2v) is 4.07. The van der Waals surface area contributed by atoms with Crippen LogP contribution in [0.3, 0.4) is 0 Å². The van der Waals surface area contributed by atoms with Crippen molar-refractivity contribution < 1.29 is 28.7 Å². The highest BCUT2D eigenvalue weighted by Gasteiger charge is 2.22. The second kappa shape index (κ2) is 7.29. The van der Waals surface area contributed by atoms with E-state index in [2.05, 4.69) is 5.32 Å². The summed E-state index contributed by atoms with van der Waals surface area (Å²) in [6.07, 6.45) is 0.0286. The van der Waals surface area contributed by atoms with Gasteiger partial charge in [0.25, 0.3) is 5.91 Å². The van der Waals surface area contributed by atoms with Gasteiger partial charge >= 0.3 is 11.7 Å². The number of aliphatic carboxylic acids is 1. The number of ether oxygens (including phenoxy) is 1. The van der Waals surface area contributed by atoms with Gasteiger partial charge in [0.1, 0.15) is 6.04 Å². The van der Waals surface area contributed by atoms with Crippen LogP contribution in [0.25, 0.3) is 0 Å². The number of carbonyl (C=O) groups is 2. The van der Waals surface area contributed by atoms with Crippen molar-refractivity contribution in [2.24, 2.45) is 0 Å². The number of nitro groups is 1. The summed E-state index contributed by atoms with van der Waals surface area (Å²) in [4.78, 5) is 32.4. The first kappa shape index (κ1) is 16.5. The molecule has 2 N–H and O–H groups in total. The average molecular weight is 300 g/mol. The van der Waals surface area contributed by atoms with E-state index < -0.39 is 34.3 Å². The summed E-state index contributed by atoms with van der Waals surface area (Å²) < 4.78 is 17.9. The number of carbonyl (C=O) groups excluding carboxylic acids is 1. The SMILES string of the molecule is COCCC(NC(=O)c1ccc(F)c([N+](=O)[O-])c1)C(=O)O. The Morgan fingerprint density at radius 1 is 1.52 bits per heavy atom. The molecular weight excluding hydrogens is 287 g/mol.